The van der Waals surface area contributed by atoms with Crippen LogP contribution in [0.2, 0.25) is 0 Å². The standard InChI is InChI=1S/C19H13NO5/c21-16-7-1-13(2-8-16)19(22)14-3-9-17(10-4-14)25-18-11-5-15(6-12-18)20(23)24/h1-12,21H. The molecule has 3 aromatic carbocycles. The maximum absolute atomic E-state index is 12.3. The van der Waals surface area contributed by atoms with Crippen LogP contribution in [-0.2, 0) is 0 Å². The van der Waals surface area contributed by atoms with Gasteiger partial charge in [0.25, 0.3) is 5.69 Å². The van der Waals surface area contributed by atoms with E-state index in [0.29, 0.717) is 22.6 Å². The first-order valence-electron chi connectivity index (χ1n) is 7.39. The zero-order valence-electron chi connectivity index (χ0n) is 13.0. The highest BCUT2D eigenvalue weighted by Gasteiger charge is 2.10. The minimum atomic E-state index is -0.479. The first kappa shape index (κ1) is 16.2. The summed E-state index contributed by atoms with van der Waals surface area (Å²) in [6.45, 7) is 0. The summed E-state index contributed by atoms with van der Waals surface area (Å²) in [7, 11) is 0. The normalized spacial score (nSPS) is 10.2. The Morgan fingerprint density at radius 2 is 1.24 bits per heavy atom. The smallest absolute Gasteiger partial charge is 0.269 e. The number of carbonyl (C=O) groups is 1. The largest absolute Gasteiger partial charge is 0.508 e. The number of hydrogen-bond acceptors (Lipinski definition) is 5. The highest BCUT2D eigenvalue weighted by atomic mass is 16.6. The Morgan fingerprint density at radius 3 is 1.72 bits per heavy atom. The second-order valence-corrected chi connectivity index (χ2v) is 5.25. The van der Waals surface area contributed by atoms with E-state index in [1.165, 1.54) is 36.4 Å². The topological polar surface area (TPSA) is 89.7 Å². The molecule has 6 nitrogen and oxygen atoms in total. The SMILES string of the molecule is O=C(c1ccc(O)cc1)c1ccc(Oc2ccc([N+](=O)[O-])cc2)cc1. The van der Waals surface area contributed by atoms with E-state index in [9.17, 15) is 20.0 Å². The van der Waals surface area contributed by atoms with Crippen LogP contribution >= 0.6 is 0 Å². The number of rotatable bonds is 5. The lowest BCUT2D eigenvalue weighted by atomic mass is 10.0. The predicted molar refractivity (Wildman–Crippen MR) is 91.2 cm³/mol. The molecule has 0 heterocycles. The maximum Gasteiger partial charge on any atom is 0.269 e. The summed E-state index contributed by atoms with van der Waals surface area (Å²) in [5.41, 5.74) is 0.950. The lowest BCUT2D eigenvalue weighted by molar-refractivity contribution is -0.384. The highest BCUT2D eigenvalue weighted by molar-refractivity contribution is 6.09. The molecule has 0 aliphatic heterocycles. The van der Waals surface area contributed by atoms with Crippen LogP contribution in [0.5, 0.6) is 17.2 Å². The first-order valence-corrected chi connectivity index (χ1v) is 7.39. The van der Waals surface area contributed by atoms with Crippen molar-refractivity contribution in [2.75, 3.05) is 0 Å². The molecule has 3 aromatic rings. The fraction of sp³-hybridized carbons (Fsp3) is 0. The van der Waals surface area contributed by atoms with Crippen LogP contribution in [0.25, 0.3) is 0 Å². The minimum Gasteiger partial charge on any atom is -0.508 e. The summed E-state index contributed by atoms with van der Waals surface area (Å²) in [6, 6.07) is 18.3. The molecule has 0 fully saturated rings. The summed E-state index contributed by atoms with van der Waals surface area (Å²) in [5, 5.41) is 19.9. The Morgan fingerprint density at radius 1 is 0.800 bits per heavy atom. The van der Waals surface area contributed by atoms with Gasteiger partial charge in [-0.05, 0) is 60.7 Å². The number of nitro groups is 1. The first-order chi connectivity index (χ1) is 12.0. The molecule has 0 unspecified atom stereocenters. The number of phenols is 1. The number of benzene rings is 3. The molecule has 3 rings (SSSR count). The number of ether oxygens (including phenoxy) is 1. The van der Waals surface area contributed by atoms with Gasteiger partial charge in [0.1, 0.15) is 17.2 Å². The third-order valence-corrected chi connectivity index (χ3v) is 3.53. The highest BCUT2D eigenvalue weighted by Crippen LogP contribution is 2.24. The second kappa shape index (κ2) is 6.84. The molecule has 6 heteroatoms. The molecule has 0 radical (unpaired) electrons. The Bertz CT molecular complexity index is 900. The molecule has 0 saturated heterocycles. The maximum atomic E-state index is 12.3. The van der Waals surface area contributed by atoms with Gasteiger partial charge >= 0.3 is 0 Å². The van der Waals surface area contributed by atoms with Crippen LogP contribution in [-0.4, -0.2) is 15.8 Å². The van der Waals surface area contributed by atoms with Crippen LogP contribution in [0.4, 0.5) is 5.69 Å². The lowest BCUT2D eigenvalue weighted by Gasteiger charge is -2.07. The number of aromatic hydroxyl groups is 1. The van der Waals surface area contributed by atoms with Gasteiger partial charge in [0.15, 0.2) is 5.78 Å². The van der Waals surface area contributed by atoms with Gasteiger partial charge in [-0.1, -0.05) is 0 Å². The van der Waals surface area contributed by atoms with Crippen molar-refractivity contribution in [3.8, 4) is 17.2 Å². The zero-order valence-corrected chi connectivity index (χ0v) is 13.0. The second-order valence-electron chi connectivity index (χ2n) is 5.25. The van der Waals surface area contributed by atoms with Crippen molar-refractivity contribution in [3.05, 3.63) is 94.0 Å². The third kappa shape index (κ3) is 3.81. The molecule has 25 heavy (non-hydrogen) atoms. The molecule has 0 atom stereocenters. The fourth-order valence-electron chi connectivity index (χ4n) is 2.23. The molecule has 0 spiro atoms. The summed E-state index contributed by atoms with van der Waals surface area (Å²) in [6.07, 6.45) is 0. The summed E-state index contributed by atoms with van der Waals surface area (Å²) in [5.74, 6) is 0.907. The van der Waals surface area contributed by atoms with E-state index in [1.807, 2.05) is 0 Å². The van der Waals surface area contributed by atoms with Gasteiger partial charge in [0, 0.05) is 23.3 Å². The molecule has 0 aliphatic carbocycles. The van der Waals surface area contributed by atoms with E-state index in [4.69, 9.17) is 4.74 Å². The van der Waals surface area contributed by atoms with E-state index in [0.717, 1.165) is 0 Å². The monoisotopic (exact) mass is 335 g/mol. The summed E-state index contributed by atoms with van der Waals surface area (Å²) < 4.78 is 5.60. The lowest BCUT2D eigenvalue weighted by Crippen LogP contribution is -2.00. The summed E-state index contributed by atoms with van der Waals surface area (Å²) in [4.78, 5) is 22.5. The Hall–Kier alpha value is -3.67. The Kier molecular flexibility index (Phi) is 4.43. The van der Waals surface area contributed by atoms with E-state index in [1.54, 1.807) is 36.4 Å². The van der Waals surface area contributed by atoms with Gasteiger partial charge < -0.3 is 9.84 Å². The molecule has 0 aromatic heterocycles. The van der Waals surface area contributed by atoms with Crippen molar-refractivity contribution in [2.24, 2.45) is 0 Å². The third-order valence-electron chi connectivity index (χ3n) is 3.53. The van der Waals surface area contributed by atoms with E-state index >= 15 is 0 Å². The van der Waals surface area contributed by atoms with Gasteiger partial charge in [-0.3, -0.25) is 14.9 Å². The van der Waals surface area contributed by atoms with Crippen molar-refractivity contribution in [3.63, 3.8) is 0 Å². The van der Waals surface area contributed by atoms with Crippen LogP contribution < -0.4 is 4.74 Å². The van der Waals surface area contributed by atoms with Crippen LogP contribution in [0.15, 0.2) is 72.8 Å². The number of carbonyl (C=O) groups excluding carboxylic acids is 1. The number of non-ortho nitro benzene ring substituents is 1. The number of nitrogens with zero attached hydrogens (tertiary/aromatic N) is 1. The van der Waals surface area contributed by atoms with E-state index in [-0.39, 0.29) is 17.2 Å². The van der Waals surface area contributed by atoms with Crippen molar-refractivity contribution in [2.45, 2.75) is 0 Å². The van der Waals surface area contributed by atoms with Gasteiger partial charge in [0.05, 0.1) is 4.92 Å². The molecular weight excluding hydrogens is 322 g/mol. The molecule has 0 bridgehead atoms. The number of nitro benzene ring substituents is 1. The van der Waals surface area contributed by atoms with Crippen molar-refractivity contribution < 1.29 is 19.6 Å². The van der Waals surface area contributed by atoms with Crippen LogP contribution in [0.1, 0.15) is 15.9 Å². The predicted octanol–water partition coefficient (Wildman–Crippen LogP) is 4.32. The number of hydrogen-bond donors (Lipinski definition) is 1. The van der Waals surface area contributed by atoms with Crippen molar-refractivity contribution in [1.82, 2.24) is 0 Å². The molecule has 0 saturated carbocycles. The van der Waals surface area contributed by atoms with Gasteiger partial charge in [-0.15, -0.1) is 0 Å². The number of phenolic OH excluding ortho intramolecular Hbond substituents is 1. The molecule has 0 amide bonds. The molecule has 1 N–H and O–H groups in total. The quantitative estimate of drug-likeness (QED) is 0.426. The molecule has 0 aliphatic rings. The van der Waals surface area contributed by atoms with Crippen LogP contribution in [0, 0.1) is 10.1 Å². The minimum absolute atomic E-state index is 0.0119. The molecule has 124 valence electrons. The van der Waals surface area contributed by atoms with Crippen LogP contribution in [0.3, 0.4) is 0 Å². The van der Waals surface area contributed by atoms with Gasteiger partial charge in [-0.2, -0.15) is 0 Å². The Balaban J connectivity index is 1.72. The summed E-state index contributed by atoms with van der Waals surface area (Å²) >= 11 is 0. The Labute approximate surface area is 143 Å². The van der Waals surface area contributed by atoms with Crippen molar-refractivity contribution >= 4 is 11.5 Å². The van der Waals surface area contributed by atoms with E-state index in [2.05, 4.69) is 0 Å². The van der Waals surface area contributed by atoms with Gasteiger partial charge in [-0.25, -0.2) is 0 Å². The number of ketones is 1. The average molecular weight is 335 g/mol. The molecular formula is C19H13NO5. The zero-order chi connectivity index (χ0) is 17.8. The average Bonchev–Trinajstić information content (AvgIpc) is 2.63. The fourth-order valence-corrected chi connectivity index (χ4v) is 2.23. The van der Waals surface area contributed by atoms with E-state index < -0.39 is 4.92 Å². The van der Waals surface area contributed by atoms with Gasteiger partial charge in [0.2, 0.25) is 0 Å². The van der Waals surface area contributed by atoms with Crippen molar-refractivity contribution in [1.29, 1.82) is 0 Å².